The Hall–Kier alpha value is -1.01. The first-order valence-electron chi connectivity index (χ1n) is 6.34. The van der Waals surface area contributed by atoms with Crippen LogP contribution in [0.1, 0.15) is 31.4 Å². The average Bonchev–Trinajstić information content (AvgIpc) is 2.38. The lowest BCUT2D eigenvalue weighted by Gasteiger charge is -2.31. The number of nitrogens with zero attached hydrogens (tertiary/aromatic N) is 2. The molecule has 2 atom stereocenters. The highest BCUT2D eigenvalue weighted by Gasteiger charge is 2.24. The normalized spacial score (nSPS) is 23.7. The summed E-state index contributed by atoms with van der Waals surface area (Å²) >= 11 is 1.94. The van der Waals surface area contributed by atoms with Gasteiger partial charge in [-0.2, -0.15) is 16.7 Å². The molecular formula is C12H21N5S. The Bertz CT molecular complexity index is 398. The van der Waals surface area contributed by atoms with E-state index in [1.165, 1.54) is 25.7 Å². The lowest BCUT2D eigenvalue weighted by molar-refractivity contribution is 0.474. The van der Waals surface area contributed by atoms with Crippen molar-refractivity contribution in [2.24, 2.45) is 5.84 Å². The monoisotopic (exact) mass is 267 g/mol. The Balaban J connectivity index is 2.09. The predicted octanol–water partition coefficient (Wildman–Crippen LogP) is 2.16. The van der Waals surface area contributed by atoms with Crippen LogP contribution in [-0.4, -0.2) is 27.5 Å². The van der Waals surface area contributed by atoms with Gasteiger partial charge in [-0.15, -0.1) is 0 Å². The summed E-state index contributed by atoms with van der Waals surface area (Å²) in [5.41, 5.74) is 3.42. The molecule has 18 heavy (non-hydrogen) atoms. The fraction of sp³-hybridized carbons (Fsp3) is 0.667. The van der Waals surface area contributed by atoms with E-state index in [1.807, 2.05) is 24.8 Å². The van der Waals surface area contributed by atoms with E-state index < -0.39 is 0 Å². The third-order valence-electron chi connectivity index (χ3n) is 3.32. The highest BCUT2D eigenvalue weighted by Crippen LogP contribution is 2.29. The maximum absolute atomic E-state index is 5.37. The molecule has 6 heteroatoms. The van der Waals surface area contributed by atoms with Gasteiger partial charge in [-0.05, 0) is 26.0 Å². The van der Waals surface area contributed by atoms with Crippen molar-refractivity contribution < 1.29 is 0 Å². The predicted molar refractivity (Wildman–Crippen MR) is 77.8 cm³/mol. The summed E-state index contributed by atoms with van der Waals surface area (Å²) in [7, 11) is 0. The first-order valence-corrected chi connectivity index (χ1v) is 7.63. The van der Waals surface area contributed by atoms with Gasteiger partial charge in [-0.3, -0.25) is 5.43 Å². The van der Waals surface area contributed by atoms with Crippen molar-refractivity contribution in [3.63, 3.8) is 0 Å². The largest absolute Gasteiger partial charge is 0.366 e. The minimum atomic E-state index is 0.467. The summed E-state index contributed by atoms with van der Waals surface area (Å²) in [6.07, 6.45) is 7.30. The fourth-order valence-electron chi connectivity index (χ4n) is 2.44. The molecule has 0 aliphatic heterocycles. The number of anilines is 2. The molecule has 0 aromatic carbocycles. The number of aryl methyl sites for hydroxylation is 1. The van der Waals surface area contributed by atoms with Crippen LogP contribution >= 0.6 is 11.8 Å². The number of nitrogens with one attached hydrogen (secondary N) is 2. The maximum Gasteiger partial charge on any atom is 0.239 e. The van der Waals surface area contributed by atoms with Crippen LogP contribution in [0.3, 0.4) is 0 Å². The minimum Gasteiger partial charge on any atom is -0.366 e. The summed E-state index contributed by atoms with van der Waals surface area (Å²) in [6.45, 7) is 1.95. The molecule has 0 amide bonds. The van der Waals surface area contributed by atoms with Gasteiger partial charge in [0.15, 0.2) is 0 Å². The van der Waals surface area contributed by atoms with Crippen molar-refractivity contribution in [3.05, 3.63) is 11.8 Å². The SMILES string of the molecule is CSC1CCCCC1Nc1cc(C)nc(NN)n1. The van der Waals surface area contributed by atoms with Crippen molar-refractivity contribution in [1.82, 2.24) is 9.97 Å². The summed E-state index contributed by atoms with van der Waals surface area (Å²) in [5, 5.41) is 4.20. The molecule has 2 unspecified atom stereocenters. The molecule has 1 aromatic rings. The molecule has 100 valence electrons. The van der Waals surface area contributed by atoms with Gasteiger partial charge in [0.1, 0.15) is 5.82 Å². The lowest BCUT2D eigenvalue weighted by Crippen LogP contribution is -2.34. The Morgan fingerprint density at radius 1 is 1.33 bits per heavy atom. The van der Waals surface area contributed by atoms with Crippen LogP contribution in [0.25, 0.3) is 0 Å². The van der Waals surface area contributed by atoms with Crippen LogP contribution < -0.4 is 16.6 Å². The third kappa shape index (κ3) is 3.26. The third-order valence-corrected chi connectivity index (χ3v) is 4.49. The zero-order chi connectivity index (χ0) is 13.0. The van der Waals surface area contributed by atoms with Crippen LogP contribution in [0.2, 0.25) is 0 Å². The van der Waals surface area contributed by atoms with E-state index in [9.17, 15) is 0 Å². The molecule has 1 aromatic heterocycles. The summed E-state index contributed by atoms with van der Waals surface area (Å²) in [4.78, 5) is 8.54. The fourth-order valence-corrected chi connectivity index (χ4v) is 3.38. The molecule has 1 heterocycles. The topological polar surface area (TPSA) is 75.9 Å². The molecule has 1 fully saturated rings. The van der Waals surface area contributed by atoms with Gasteiger partial charge in [-0.25, -0.2) is 10.8 Å². The number of hydrogen-bond donors (Lipinski definition) is 3. The van der Waals surface area contributed by atoms with Crippen molar-refractivity contribution in [3.8, 4) is 0 Å². The molecular weight excluding hydrogens is 246 g/mol. The number of nitrogens with two attached hydrogens (primary N) is 1. The van der Waals surface area contributed by atoms with Crippen LogP contribution in [0.5, 0.6) is 0 Å². The Morgan fingerprint density at radius 3 is 2.83 bits per heavy atom. The van der Waals surface area contributed by atoms with Gasteiger partial charge in [0, 0.05) is 23.1 Å². The van der Waals surface area contributed by atoms with Crippen LogP contribution in [0.4, 0.5) is 11.8 Å². The molecule has 1 aliphatic carbocycles. The molecule has 0 saturated heterocycles. The number of rotatable bonds is 4. The van der Waals surface area contributed by atoms with Crippen LogP contribution in [-0.2, 0) is 0 Å². The van der Waals surface area contributed by atoms with E-state index in [0.717, 1.165) is 11.5 Å². The van der Waals surface area contributed by atoms with Crippen LogP contribution in [0, 0.1) is 6.92 Å². The summed E-state index contributed by atoms with van der Waals surface area (Å²) in [5.74, 6) is 6.70. The van der Waals surface area contributed by atoms with Gasteiger partial charge in [0.2, 0.25) is 5.95 Å². The molecule has 1 saturated carbocycles. The second-order valence-corrected chi connectivity index (χ2v) is 5.75. The second kappa shape index (κ2) is 6.24. The minimum absolute atomic E-state index is 0.467. The maximum atomic E-state index is 5.37. The van der Waals surface area contributed by atoms with Gasteiger partial charge in [-0.1, -0.05) is 12.8 Å². The van der Waals surface area contributed by atoms with E-state index >= 15 is 0 Å². The smallest absolute Gasteiger partial charge is 0.239 e. The molecule has 0 bridgehead atoms. The van der Waals surface area contributed by atoms with E-state index in [4.69, 9.17) is 5.84 Å². The number of hydrazine groups is 1. The molecule has 4 N–H and O–H groups in total. The second-order valence-electron chi connectivity index (χ2n) is 4.67. The standard InChI is InChI=1S/C12H21N5S/c1-8-7-11(16-12(14-8)17-13)15-9-5-3-4-6-10(9)18-2/h7,9-10H,3-6,13H2,1-2H3,(H2,14,15,16,17). The number of thioether (sulfide) groups is 1. The van der Waals surface area contributed by atoms with Crippen molar-refractivity contribution in [2.45, 2.75) is 43.9 Å². The van der Waals surface area contributed by atoms with Gasteiger partial charge in [0.05, 0.1) is 0 Å². The van der Waals surface area contributed by atoms with Crippen molar-refractivity contribution in [2.75, 3.05) is 17.0 Å². The van der Waals surface area contributed by atoms with Crippen LogP contribution in [0.15, 0.2) is 6.07 Å². The average molecular weight is 267 g/mol. The number of nitrogen functional groups attached to an aromatic ring is 1. The van der Waals surface area contributed by atoms with Gasteiger partial charge >= 0.3 is 0 Å². The number of aromatic nitrogens is 2. The van der Waals surface area contributed by atoms with E-state index in [2.05, 4.69) is 27.0 Å². The summed E-state index contributed by atoms with van der Waals surface area (Å²) < 4.78 is 0. The van der Waals surface area contributed by atoms with E-state index in [-0.39, 0.29) is 0 Å². The first-order chi connectivity index (χ1) is 8.72. The quantitative estimate of drug-likeness (QED) is 0.573. The molecule has 2 rings (SSSR count). The van der Waals surface area contributed by atoms with E-state index in [1.54, 1.807) is 0 Å². The number of hydrogen-bond acceptors (Lipinski definition) is 6. The summed E-state index contributed by atoms with van der Waals surface area (Å²) in [6, 6.07) is 2.46. The molecule has 1 aliphatic rings. The Morgan fingerprint density at radius 2 is 2.11 bits per heavy atom. The van der Waals surface area contributed by atoms with Crippen molar-refractivity contribution in [1.29, 1.82) is 0 Å². The van der Waals surface area contributed by atoms with Crippen molar-refractivity contribution >= 4 is 23.5 Å². The molecule has 0 spiro atoms. The van der Waals surface area contributed by atoms with E-state index in [0.29, 0.717) is 17.2 Å². The van der Waals surface area contributed by atoms with Gasteiger partial charge < -0.3 is 5.32 Å². The Labute approximate surface area is 112 Å². The zero-order valence-electron chi connectivity index (χ0n) is 10.9. The molecule has 5 nitrogen and oxygen atoms in total. The Kier molecular flexibility index (Phi) is 4.66. The highest BCUT2D eigenvalue weighted by molar-refractivity contribution is 7.99. The molecule has 0 radical (unpaired) electrons. The lowest BCUT2D eigenvalue weighted by atomic mass is 9.95. The zero-order valence-corrected chi connectivity index (χ0v) is 11.8. The van der Waals surface area contributed by atoms with Gasteiger partial charge in [0.25, 0.3) is 0 Å². The first kappa shape index (κ1) is 13.4. The highest BCUT2D eigenvalue weighted by atomic mass is 32.2.